The molecule has 0 aromatic heterocycles. The van der Waals surface area contributed by atoms with Crippen LogP contribution in [-0.4, -0.2) is 50.2 Å². The number of hydrogen-bond donors (Lipinski definition) is 0. The maximum atomic E-state index is 13.1. The third-order valence-electron chi connectivity index (χ3n) is 6.04. The summed E-state index contributed by atoms with van der Waals surface area (Å²) in [6.07, 6.45) is 2.39. The number of nitriles is 1. The van der Waals surface area contributed by atoms with Crippen molar-refractivity contribution in [1.29, 1.82) is 5.26 Å². The van der Waals surface area contributed by atoms with Crippen molar-refractivity contribution in [3.63, 3.8) is 0 Å². The van der Waals surface area contributed by atoms with Crippen molar-refractivity contribution in [1.82, 2.24) is 9.21 Å². The second-order valence-electron chi connectivity index (χ2n) is 8.06. The Hall–Kier alpha value is -2.11. The van der Waals surface area contributed by atoms with E-state index in [1.54, 1.807) is 36.2 Å². The van der Waals surface area contributed by atoms with E-state index in [0.29, 0.717) is 37.8 Å². The van der Waals surface area contributed by atoms with Crippen molar-refractivity contribution in [2.24, 2.45) is 5.92 Å². The van der Waals surface area contributed by atoms with E-state index in [9.17, 15) is 13.2 Å². The lowest BCUT2D eigenvalue weighted by Crippen LogP contribution is -2.37. The molecule has 32 heavy (non-hydrogen) atoms. The van der Waals surface area contributed by atoms with Gasteiger partial charge in [0.15, 0.2) is 0 Å². The number of hydrogen-bond acceptors (Lipinski definition) is 4. The molecule has 1 fully saturated rings. The van der Waals surface area contributed by atoms with Gasteiger partial charge in [-0.15, -0.1) is 0 Å². The third-order valence-corrected chi connectivity index (χ3v) is 8.92. The molecule has 2 atom stereocenters. The molecular formula is C23H25Cl2N3O3S. The minimum atomic E-state index is -3.83. The molecule has 1 saturated carbocycles. The molecule has 170 valence electrons. The molecule has 0 aliphatic heterocycles. The van der Waals surface area contributed by atoms with Gasteiger partial charge in [-0.05, 0) is 55.5 Å². The number of amides is 1. The summed E-state index contributed by atoms with van der Waals surface area (Å²) >= 11 is 12.1. The van der Waals surface area contributed by atoms with Gasteiger partial charge in [0.25, 0.3) is 0 Å². The highest BCUT2D eigenvalue weighted by Gasteiger charge is 2.38. The Morgan fingerprint density at radius 1 is 1.12 bits per heavy atom. The van der Waals surface area contributed by atoms with E-state index in [-0.39, 0.29) is 32.8 Å². The Bertz CT molecular complexity index is 1130. The van der Waals surface area contributed by atoms with Crippen molar-refractivity contribution in [3.05, 3.63) is 63.6 Å². The summed E-state index contributed by atoms with van der Waals surface area (Å²) in [7, 11) is -0.532. The van der Waals surface area contributed by atoms with Crippen LogP contribution in [0.4, 0.5) is 0 Å². The van der Waals surface area contributed by atoms with Crippen LogP contribution in [0.5, 0.6) is 0 Å². The topological polar surface area (TPSA) is 81.5 Å². The first-order chi connectivity index (χ1) is 15.1. The quantitative estimate of drug-likeness (QED) is 0.573. The monoisotopic (exact) mass is 493 g/mol. The molecule has 0 bridgehead atoms. The molecule has 0 heterocycles. The first-order valence-corrected chi connectivity index (χ1v) is 12.5. The summed E-state index contributed by atoms with van der Waals surface area (Å²) in [6.45, 7) is 0.554. The van der Waals surface area contributed by atoms with Crippen molar-refractivity contribution in [3.8, 4) is 6.07 Å². The molecule has 3 rings (SSSR count). The maximum absolute atomic E-state index is 13.1. The summed E-state index contributed by atoms with van der Waals surface area (Å²) in [5, 5.41) is 9.08. The zero-order valence-corrected chi connectivity index (χ0v) is 20.3. The molecule has 0 N–H and O–H groups in total. The van der Waals surface area contributed by atoms with Crippen LogP contribution in [0, 0.1) is 17.2 Å². The highest BCUT2D eigenvalue weighted by atomic mass is 35.5. The number of carbonyl (C=O) groups excluding carboxylic acids is 1. The van der Waals surface area contributed by atoms with E-state index >= 15 is 0 Å². The third kappa shape index (κ3) is 5.26. The lowest BCUT2D eigenvalue weighted by Gasteiger charge is -2.25. The lowest BCUT2D eigenvalue weighted by atomic mass is 10.1. The van der Waals surface area contributed by atoms with Crippen molar-refractivity contribution < 1.29 is 13.2 Å². The largest absolute Gasteiger partial charge is 0.345 e. The summed E-state index contributed by atoms with van der Waals surface area (Å²) < 4.78 is 27.5. The number of carbonyl (C=O) groups is 1. The number of likely N-dealkylation sites (N-methyl/N-ethyl adjacent to an activating group) is 1. The number of halogens is 2. The molecule has 0 radical (unpaired) electrons. The van der Waals surface area contributed by atoms with Crippen molar-refractivity contribution >= 4 is 39.1 Å². The van der Waals surface area contributed by atoms with Crippen LogP contribution in [0.3, 0.4) is 0 Å². The molecule has 2 aromatic carbocycles. The van der Waals surface area contributed by atoms with Gasteiger partial charge in [-0.3, -0.25) is 4.79 Å². The Labute approximate surface area is 199 Å². The smallest absolute Gasteiger partial charge is 0.244 e. The maximum Gasteiger partial charge on any atom is 0.244 e. The molecule has 2 aromatic rings. The molecule has 2 unspecified atom stereocenters. The second kappa shape index (κ2) is 10.2. The first-order valence-electron chi connectivity index (χ1n) is 10.3. The number of rotatable bonds is 7. The molecule has 9 heteroatoms. The summed E-state index contributed by atoms with van der Waals surface area (Å²) in [5.74, 6) is -0.203. The van der Waals surface area contributed by atoms with Crippen molar-refractivity contribution in [2.75, 3.05) is 20.6 Å². The van der Waals surface area contributed by atoms with E-state index in [1.165, 1.54) is 17.4 Å². The van der Waals surface area contributed by atoms with Crippen LogP contribution in [-0.2, 0) is 21.2 Å². The van der Waals surface area contributed by atoms with Gasteiger partial charge >= 0.3 is 0 Å². The van der Waals surface area contributed by atoms with E-state index in [2.05, 4.69) is 6.07 Å². The predicted molar refractivity (Wildman–Crippen MR) is 125 cm³/mol. The molecular weight excluding hydrogens is 469 g/mol. The Morgan fingerprint density at radius 3 is 2.47 bits per heavy atom. The van der Waals surface area contributed by atoms with Gasteiger partial charge in [-0.2, -0.15) is 9.57 Å². The Balaban J connectivity index is 1.60. The predicted octanol–water partition coefficient (Wildman–Crippen LogP) is 4.36. The number of benzene rings is 2. The lowest BCUT2D eigenvalue weighted by molar-refractivity contribution is -0.134. The van der Waals surface area contributed by atoms with Gasteiger partial charge in [0.2, 0.25) is 15.9 Å². The van der Waals surface area contributed by atoms with E-state index in [4.69, 9.17) is 28.5 Å². The fraction of sp³-hybridized carbons (Fsp3) is 0.391. The van der Waals surface area contributed by atoms with Crippen LogP contribution in [0.15, 0.2) is 47.4 Å². The van der Waals surface area contributed by atoms with E-state index in [0.717, 1.165) is 5.56 Å². The Kier molecular flexibility index (Phi) is 7.84. The molecule has 0 spiro atoms. The summed E-state index contributed by atoms with van der Waals surface area (Å²) in [6, 6.07) is 13.7. The van der Waals surface area contributed by atoms with Gasteiger partial charge in [-0.1, -0.05) is 41.4 Å². The van der Waals surface area contributed by atoms with Crippen molar-refractivity contribution in [2.45, 2.75) is 36.6 Å². The van der Waals surface area contributed by atoms with Crippen LogP contribution in [0.1, 0.15) is 30.4 Å². The van der Waals surface area contributed by atoms with E-state index in [1.807, 2.05) is 12.1 Å². The summed E-state index contributed by atoms with van der Waals surface area (Å²) in [5.41, 5.74) is 1.66. The zero-order chi connectivity index (χ0) is 23.5. The fourth-order valence-corrected chi connectivity index (χ4v) is 6.14. The number of sulfonamides is 1. The minimum Gasteiger partial charge on any atom is -0.345 e. The first kappa shape index (κ1) is 24.5. The highest BCUT2D eigenvalue weighted by Crippen LogP contribution is 2.36. The van der Waals surface area contributed by atoms with Crippen LogP contribution in [0.2, 0.25) is 10.0 Å². The van der Waals surface area contributed by atoms with Gasteiger partial charge < -0.3 is 4.90 Å². The molecule has 1 aliphatic carbocycles. The SMILES string of the molecule is CN(CCc1ccc(C#N)cc1)C(=O)C1CCC(N(C)S(=O)(=O)c2cccc(Cl)c2Cl)C1. The molecule has 6 nitrogen and oxygen atoms in total. The fourth-order valence-electron chi connectivity index (χ4n) is 4.01. The van der Waals surface area contributed by atoms with Gasteiger partial charge in [0, 0.05) is 32.6 Å². The average molecular weight is 494 g/mol. The minimum absolute atomic E-state index is 0.00850. The molecule has 1 aliphatic rings. The molecule has 1 amide bonds. The van der Waals surface area contributed by atoms with Gasteiger partial charge in [-0.25, -0.2) is 8.42 Å². The second-order valence-corrected chi connectivity index (χ2v) is 10.8. The Morgan fingerprint density at radius 2 is 1.81 bits per heavy atom. The highest BCUT2D eigenvalue weighted by molar-refractivity contribution is 7.89. The standard InChI is InChI=1S/C23H25Cl2N3O3S/c1-27(13-12-16-6-8-17(15-26)9-7-16)23(29)18-10-11-19(14-18)28(2)32(30,31)21-5-3-4-20(24)22(21)25/h3-9,18-19H,10-14H2,1-2H3. The number of nitrogens with zero attached hydrogens (tertiary/aromatic N) is 3. The zero-order valence-electron chi connectivity index (χ0n) is 18.0. The van der Waals surface area contributed by atoms with Crippen LogP contribution < -0.4 is 0 Å². The van der Waals surface area contributed by atoms with Gasteiger partial charge in [0.05, 0.1) is 21.7 Å². The molecule has 0 saturated heterocycles. The summed E-state index contributed by atoms with van der Waals surface area (Å²) in [4.78, 5) is 14.6. The van der Waals surface area contributed by atoms with Crippen LogP contribution in [0.25, 0.3) is 0 Å². The average Bonchev–Trinajstić information content (AvgIpc) is 3.28. The van der Waals surface area contributed by atoms with Gasteiger partial charge in [0.1, 0.15) is 4.90 Å². The van der Waals surface area contributed by atoms with Crippen LogP contribution >= 0.6 is 23.2 Å². The normalized spacial score (nSPS) is 18.5. The van der Waals surface area contributed by atoms with E-state index < -0.39 is 10.0 Å².